The van der Waals surface area contributed by atoms with Crippen molar-refractivity contribution in [2.45, 2.75) is 10.8 Å². The lowest BCUT2D eigenvalue weighted by atomic mass is 10.3. The molecule has 1 amide bonds. The van der Waals surface area contributed by atoms with Gasteiger partial charge in [0.05, 0.1) is 5.56 Å². The summed E-state index contributed by atoms with van der Waals surface area (Å²) in [6.07, 6.45) is 0.340. The van der Waals surface area contributed by atoms with E-state index >= 15 is 0 Å². The second kappa shape index (κ2) is 6.51. The van der Waals surface area contributed by atoms with E-state index in [1.807, 2.05) is 6.07 Å². The summed E-state index contributed by atoms with van der Waals surface area (Å²) in [5.74, 6) is 0.470. The van der Waals surface area contributed by atoms with Crippen LogP contribution in [0.2, 0.25) is 0 Å². The van der Waals surface area contributed by atoms with Crippen molar-refractivity contribution in [1.82, 2.24) is 10.2 Å². The van der Waals surface area contributed by atoms with Crippen molar-refractivity contribution < 1.29 is 4.79 Å². The number of thiophene rings is 1. The number of nitrogen functional groups attached to an aromatic ring is 1. The monoisotopic (exact) mass is 311 g/mol. The largest absolute Gasteiger partial charge is 0.374 e. The summed E-state index contributed by atoms with van der Waals surface area (Å²) in [5.41, 5.74) is 5.94. The van der Waals surface area contributed by atoms with Crippen LogP contribution in [0.25, 0.3) is 0 Å². The van der Waals surface area contributed by atoms with Crippen molar-refractivity contribution in [3.8, 4) is 6.07 Å². The molecule has 9 heteroatoms. The molecule has 2 aromatic heterocycles. The van der Waals surface area contributed by atoms with Gasteiger partial charge in [-0.25, -0.2) is 0 Å². The third-order valence-corrected chi connectivity index (χ3v) is 4.73. The van der Waals surface area contributed by atoms with Crippen molar-refractivity contribution in [1.29, 1.82) is 5.26 Å². The van der Waals surface area contributed by atoms with Gasteiger partial charge < -0.3 is 11.1 Å². The Bertz CT molecular complexity index is 615. The van der Waals surface area contributed by atoms with Crippen molar-refractivity contribution in [3.63, 3.8) is 0 Å². The first-order chi connectivity index (χ1) is 9.19. The number of nitrogens with two attached hydrogens (primary N) is 1. The standard InChI is InChI=1S/C10H9N5OS3/c11-5-6-1-3-17-8(6)13-7(16)2-4-18-10-15-14-9(12)19-10/h1,3H,2,4H2,(H2,12,14)(H,13,16). The van der Waals surface area contributed by atoms with Crippen LogP contribution < -0.4 is 11.1 Å². The smallest absolute Gasteiger partial charge is 0.225 e. The molecule has 19 heavy (non-hydrogen) atoms. The van der Waals surface area contributed by atoms with Gasteiger partial charge in [-0.3, -0.25) is 4.79 Å². The zero-order valence-corrected chi connectivity index (χ0v) is 12.1. The first kappa shape index (κ1) is 13.8. The second-order valence-electron chi connectivity index (χ2n) is 3.33. The Kier molecular flexibility index (Phi) is 4.73. The van der Waals surface area contributed by atoms with Gasteiger partial charge in [-0.1, -0.05) is 23.1 Å². The summed E-state index contributed by atoms with van der Waals surface area (Å²) in [5, 5.41) is 21.9. The maximum absolute atomic E-state index is 11.7. The van der Waals surface area contributed by atoms with E-state index in [2.05, 4.69) is 15.5 Å². The predicted molar refractivity (Wildman–Crippen MR) is 77.3 cm³/mol. The number of carbonyl (C=O) groups excluding carboxylic acids is 1. The molecule has 98 valence electrons. The number of nitrogens with zero attached hydrogens (tertiary/aromatic N) is 3. The molecule has 0 atom stereocenters. The van der Waals surface area contributed by atoms with E-state index in [1.165, 1.54) is 34.4 Å². The Morgan fingerprint density at radius 1 is 1.58 bits per heavy atom. The molecule has 0 saturated carbocycles. The summed E-state index contributed by atoms with van der Waals surface area (Å²) in [4.78, 5) is 11.7. The Balaban J connectivity index is 1.78. The van der Waals surface area contributed by atoms with Crippen LogP contribution in [-0.4, -0.2) is 21.9 Å². The molecule has 0 bridgehead atoms. The quantitative estimate of drug-likeness (QED) is 0.820. The van der Waals surface area contributed by atoms with Gasteiger partial charge in [-0.05, 0) is 11.4 Å². The lowest BCUT2D eigenvalue weighted by molar-refractivity contribution is -0.115. The highest BCUT2D eigenvalue weighted by atomic mass is 32.2. The third kappa shape index (κ3) is 3.92. The molecule has 0 aliphatic rings. The summed E-state index contributed by atoms with van der Waals surface area (Å²) >= 11 is 4.07. The molecule has 0 unspecified atom stereocenters. The second-order valence-corrected chi connectivity index (χ2v) is 6.60. The number of hydrogen-bond donors (Lipinski definition) is 2. The summed E-state index contributed by atoms with van der Waals surface area (Å²) in [6, 6.07) is 3.71. The van der Waals surface area contributed by atoms with Gasteiger partial charge in [0.1, 0.15) is 11.1 Å². The molecular formula is C10H9N5OS3. The van der Waals surface area contributed by atoms with E-state index in [-0.39, 0.29) is 5.91 Å². The van der Waals surface area contributed by atoms with Crippen molar-refractivity contribution >= 4 is 50.5 Å². The molecule has 2 aromatic rings. The zero-order valence-electron chi connectivity index (χ0n) is 9.62. The van der Waals surface area contributed by atoms with Crippen LogP contribution in [0.1, 0.15) is 12.0 Å². The fraction of sp³-hybridized carbons (Fsp3) is 0.200. The van der Waals surface area contributed by atoms with E-state index in [0.29, 0.717) is 27.9 Å². The molecule has 0 aliphatic carbocycles. The van der Waals surface area contributed by atoms with Gasteiger partial charge in [-0.15, -0.1) is 21.5 Å². The number of aromatic nitrogens is 2. The maximum Gasteiger partial charge on any atom is 0.225 e. The van der Waals surface area contributed by atoms with E-state index in [0.717, 1.165) is 4.34 Å². The van der Waals surface area contributed by atoms with Crippen LogP contribution >= 0.6 is 34.4 Å². The average Bonchev–Trinajstić information content (AvgIpc) is 2.98. The predicted octanol–water partition coefficient (Wildman–Crippen LogP) is 2.17. The van der Waals surface area contributed by atoms with Crippen LogP contribution in [0.4, 0.5) is 10.1 Å². The Morgan fingerprint density at radius 3 is 3.11 bits per heavy atom. The topological polar surface area (TPSA) is 105 Å². The Morgan fingerprint density at radius 2 is 2.42 bits per heavy atom. The molecule has 0 aromatic carbocycles. The minimum absolute atomic E-state index is 0.121. The van der Waals surface area contributed by atoms with Gasteiger partial charge in [-0.2, -0.15) is 5.26 Å². The van der Waals surface area contributed by atoms with Crippen molar-refractivity contribution in [2.24, 2.45) is 0 Å². The maximum atomic E-state index is 11.7. The molecule has 0 saturated heterocycles. The molecule has 0 fully saturated rings. The zero-order chi connectivity index (χ0) is 13.7. The van der Waals surface area contributed by atoms with Gasteiger partial charge in [0.2, 0.25) is 11.0 Å². The summed E-state index contributed by atoms with van der Waals surface area (Å²) < 4.78 is 0.749. The van der Waals surface area contributed by atoms with Crippen LogP contribution in [0, 0.1) is 11.3 Å². The molecule has 0 aliphatic heterocycles. The van der Waals surface area contributed by atoms with Gasteiger partial charge in [0.15, 0.2) is 4.34 Å². The Hall–Kier alpha value is -1.63. The number of carbonyl (C=O) groups is 1. The third-order valence-electron chi connectivity index (χ3n) is 2.02. The number of hydrogen-bond acceptors (Lipinski definition) is 8. The summed E-state index contributed by atoms with van der Waals surface area (Å²) in [7, 11) is 0. The van der Waals surface area contributed by atoms with Crippen LogP contribution in [0.15, 0.2) is 15.8 Å². The molecule has 0 radical (unpaired) electrons. The number of nitriles is 1. The average molecular weight is 311 g/mol. The van der Waals surface area contributed by atoms with Gasteiger partial charge >= 0.3 is 0 Å². The molecule has 6 nitrogen and oxygen atoms in total. The fourth-order valence-electron chi connectivity index (χ4n) is 1.19. The lowest BCUT2D eigenvalue weighted by Gasteiger charge is -2.01. The number of rotatable bonds is 5. The highest BCUT2D eigenvalue weighted by molar-refractivity contribution is 8.01. The van der Waals surface area contributed by atoms with E-state index in [1.54, 1.807) is 11.4 Å². The normalized spacial score (nSPS) is 10.1. The van der Waals surface area contributed by atoms with Crippen molar-refractivity contribution in [2.75, 3.05) is 16.8 Å². The fourth-order valence-corrected chi connectivity index (χ4v) is 3.59. The first-order valence-electron chi connectivity index (χ1n) is 5.18. The van der Waals surface area contributed by atoms with Crippen molar-refractivity contribution in [3.05, 3.63) is 17.0 Å². The molecule has 3 N–H and O–H groups in total. The minimum Gasteiger partial charge on any atom is -0.374 e. The Labute approximate surface area is 121 Å². The first-order valence-corrected chi connectivity index (χ1v) is 7.86. The van der Waals surface area contributed by atoms with Gasteiger partial charge in [0, 0.05) is 12.2 Å². The van der Waals surface area contributed by atoms with E-state index in [9.17, 15) is 4.79 Å². The highest BCUT2D eigenvalue weighted by Crippen LogP contribution is 2.25. The number of amides is 1. The summed E-state index contributed by atoms with van der Waals surface area (Å²) in [6.45, 7) is 0. The molecule has 2 rings (SSSR count). The minimum atomic E-state index is -0.121. The van der Waals surface area contributed by atoms with E-state index < -0.39 is 0 Å². The number of nitrogens with one attached hydrogen (secondary N) is 1. The van der Waals surface area contributed by atoms with Crippen LogP contribution in [-0.2, 0) is 4.79 Å². The lowest BCUT2D eigenvalue weighted by Crippen LogP contribution is -2.11. The SMILES string of the molecule is N#Cc1ccsc1NC(=O)CCSc1nnc(N)s1. The van der Waals surface area contributed by atoms with Gasteiger partial charge in [0.25, 0.3) is 0 Å². The molecule has 2 heterocycles. The van der Waals surface area contributed by atoms with Crippen LogP contribution in [0.5, 0.6) is 0 Å². The number of thioether (sulfide) groups is 1. The molecular weight excluding hydrogens is 302 g/mol. The van der Waals surface area contributed by atoms with Crippen LogP contribution in [0.3, 0.4) is 0 Å². The van der Waals surface area contributed by atoms with E-state index in [4.69, 9.17) is 11.0 Å². The number of anilines is 2. The highest BCUT2D eigenvalue weighted by Gasteiger charge is 2.09. The molecule has 0 spiro atoms.